The van der Waals surface area contributed by atoms with E-state index in [2.05, 4.69) is 30.4 Å². The molecule has 2 aliphatic heterocycles. The second kappa shape index (κ2) is 14.2. The van der Waals surface area contributed by atoms with Gasteiger partial charge in [-0.3, -0.25) is 4.90 Å². The van der Waals surface area contributed by atoms with Gasteiger partial charge in [0.2, 0.25) is 5.95 Å². The van der Waals surface area contributed by atoms with Crippen LogP contribution in [0.3, 0.4) is 0 Å². The molecule has 3 heterocycles. The fourth-order valence-electron chi connectivity index (χ4n) is 5.66. The quantitative estimate of drug-likeness (QED) is 0.284. The topological polar surface area (TPSA) is 84.0 Å². The molecule has 0 unspecified atom stereocenters. The summed E-state index contributed by atoms with van der Waals surface area (Å²) in [5, 5.41) is 8.20. The van der Waals surface area contributed by atoms with Crippen molar-refractivity contribution < 1.29 is 14.2 Å². The summed E-state index contributed by atoms with van der Waals surface area (Å²) in [6, 6.07) is 6.20. The van der Waals surface area contributed by atoms with Crippen molar-refractivity contribution in [1.82, 2.24) is 20.2 Å². The third-order valence-electron chi connectivity index (χ3n) is 8.02. The van der Waals surface area contributed by atoms with E-state index in [4.69, 9.17) is 49.0 Å². The molecular formula is C30H37Cl3N6O3. The Hall–Kier alpha value is -2.69. The predicted octanol–water partition coefficient (Wildman–Crippen LogP) is 5.87. The highest BCUT2D eigenvalue weighted by Crippen LogP contribution is 2.41. The first-order chi connectivity index (χ1) is 20.4. The summed E-state index contributed by atoms with van der Waals surface area (Å²) in [6.07, 6.45) is 7.01. The van der Waals surface area contributed by atoms with E-state index in [0.29, 0.717) is 57.1 Å². The van der Waals surface area contributed by atoms with E-state index < -0.39 is 0 Å². The van der Waals surface area contributed by atoms with E-state index in [1.54, 1.807) is 39.8 Å². The van der Waals surface area contributed by atoms with Crippen molar-refractivity contribution in [3.05, 3.63) is 56.8 Å². The van der Waals surface area contributed by atoms with Crippen LogP contribution in [-0.2, 0) is 12.8 Å². The number of nitrogens with zero attached hydrogens (tertiary/aromatic N) is 4. The number of benzene rings is 2. The van der Waals surface area contributed by atoms with Crippen LogP contribution in [-0.4, -0.2) is 81.5 Å². The number of methoxy groups -OCH3 is 3. The molecule has 2 saturated heterocycles. The molecule has 2 N–H and O–H groups in total. The molecule has 226 valence electrons. The van der Waals surface area contributed by atoms with Crippen LogP contribution in [0, 0.1) is 0 Å². The molecule has 0 bridgehead atoms. The molecule has 0 radical (unpaired) electrons. The van der Waals surface area contributed by atoms with E-state index in [1.807, 2.05) is 12.1 Å². The van der Waals surface area contributed by atoms with Crippen LogP contribution in [0.4, 0.5) is 17.3 Å². The lowest BCUT2D eigenvalue weighted by atomic mass is 10.0. The molecule has 2 fully saturated rings. The summed E-state index contributed by atoms with van der Waals surface area (Å²) in [4.78, 5) is 14.0. The van der Waals surface area contributed by atoms with E-state index >= 15 is 0 Å². The fourth-order valence-corrected chi connectivity index (χ4v) is 6.56. The van der Waals surface area contributed by atoms with Crippen molar-refractivity contribution >= 4 is 52.1 Å². The highest BCUT2D eigenvalue weighted by atomic mass is 35.5. The van der Waals surface area contributed by atoms with E-state index in [0.717, 1.165) is 74.7 Å². The van der Waals surface area contributed by atoms with Gasteiger partial charge in [0.05, 0.1) is 47.8 Å². The first-order valence-corrected chi connectivity index (χ1v) is 15.3. The Kier molecular flexibility index (Phi) is 10.4. The maximum Gasteiger partial charge on any atom is 0.227 e. The number of anilines is 3. The fraction of sp³-hybridized carbons (Fsp3) is 0.467. The molecule has 0 amide bonds. The maximum atomic E-state index is 6.74. The van der Waals surface area contributed by atoms with Gasteiger partial charge in [0.1, 0.15) is 17.2 Å². The number of hydrogen-bond donors (Lipinski definition) is 2. The summed E-state index contributed by atoms with van der Waals surface area (Å²) in [5.41, 5.74) is 3.37. The molecule has 0 spiro atoms. The predicted molar refractivity (Wildman–Crippen MR) is 170 cm³/mol. The number of aryl methyl sites for hydroxylation is 1. The van der Waals surface area contributed by atoms with Crippen LogP contribution in [0.5, 0.6) is 17.2 Å². The minimum Gasteiger partial charge on any atom is -0.495 e. The Morgan fingerprint density at radius 1 is 0.833 bits per heavy atom. The number of rotatable bonds is 10. The lowest BCUT2D eigenvalue weighted by molar-refractivity contribution is 0.150. The van der Waals surface area contributed by atoms with Crippen LogP contribution < -0.4 is 29.7 Å². The number of aromatic nitrogens is 2. The normalized spacial score (nSPS) is 16.4. The minimum absolute atomic E-state index is 0.436. The Bertz CT molecular complexity index is 1340. The Morgan fingerprint density at radius 3 is 2.05 bits per heavy atom. The molecule has 12 heteroatoms. The summed E-state index contributed by atoms with van der Waals surface area (Å²) >= 11 is 19.8. The molecule has 1 aromatic heterocycles. The largest absolute Gasteiger partial charge is 0.495 e. The molecular weight excluding hydrogens is 599 g/mol. The monoisotopic (exact) mass is 634 g/mol. The van der Waals surface area contributed by atoms with Crippen LogP contribution in [0.15, 0.2) is 30.6 Å². The van der Waals surface area contributed by atoms with Crippen LogP contribution in [0.1, 0.15) is 24.0 Å². The molecule has 0 saturated carbocycles. The van der Waals surface area contributed by atoms with Crippen LogP contribution in [0.2, 0.25) is 15.1 Å². The summed E-state index contributed by atoms with van der Waals surface area (Å²) in [7, 11) is 4.81. The number of hydrogen-bond acceptors (Lipinski definition) is 9. The van der Waals surface area contributed by atoms with Crippen molar-refractivity contribution in [3.8, 4) is 17.2 Å². The summed E-state index contributed by atoms with van der Waals surface area (Å²) in [5.74, 6) is 2.23. The molecule has 5 rings (SSSR count). The molecule has 0 atom stereocenters. The highest BCUT2D eigenvalue weighted by molar-refractivity contribution is 6.38. The van der Waals surface area contributed by atoms with Gasteiger partial charge in [0, 0.05) is 69.8 Å². The van der Waals surface area contributed by atoms with Crippen molar-refractivity contribution in [2.75, 3.05) is 70.8 Å². The van der Waals surface area contributed by atoms with Gasteiger partial charge in [-0.05, 0) is 42.9 Å². The van der Waals surface area contributed by atoms with Gasteiger partial charge >= 0.3 is 0 Å². The first kappa shape index (κ1) is 30.8. The van der Waals surface area contributed by atoms with Gasteiger partial charge in [0.15, 0.2) is 0 Å². The summed E-state index contributed by atoms with van der Waals surface area (Å²) < 4.78 is 16.5. The Balaban J connectivity index is 1.22. The second-order valence-corrected chi connectivity index (χ2v) is 11.6. The van der Waals surface area contributed by atoms with E-state index in [1.165, 1.54) is 0 Å². The zero-order valence-electron chi connectivity index (χ0n) is 24.2. The van der Waals surface area contributed by atoms with Crippen molar-refractivity contribution in [2.24, 2.45) is 0 Å². The lowest BCUT2D eigenvalue weighted by Crippen LogP contribution is -2.52. The SMILES string of the molecule is COc1cc(Nc2ncc(CCc3c(Cl)c(OC)cc(OC)c3Cl)cn2)c(Cl)cc1N1CCC(N2CCNCC2)CC1. The number of ether oxygens (including phenoxy) is 3. The third kappa shape index (κ3) is 6.92. The number of piperidine rings is 1. The van der Waals surface area contributed by atoms with Gasteiger partial charge < -0.3 is 29.7 Å². The average Bonchev–Trinajstić information content (AvgIpc) is 3.03. The van der Waals surface area contributed by atoms with Crippen molar-refractivity contribution in [2.45, 2.75) is 31.7 Å². The summed E-state index contributed by atoms with van der Waals surface area (Å²) in [6.45, 7) is 6.35. The molecule has 0 aliphatic carbocycles. The Morgan fingerprint density at radius 2 is 1.45 bits per heavy atom. The first-order valence-electron chi connectivity index (χ1n) is 14.2. The lowest BCUT2D eigenvalue weighted by Gasteiger charge is -2.41. The molecule has 3 aromatic rings. The number of piperazine rings is 1. The van der Waals surface area contributed by atoms with Gasteiger partial charge in [-0.25, -0.2) is 9.97 Å². The van der Waals surface area contributed by atoms with Crippen molar-refractivity contribution in [1.29, 1.82) is 0 Å². The second-order valence-electron chi connectivity index (χ2n) is 10.4. The van der Waals surface area contributed by atoms with Gasteiger partial charge in [-0.1, -0.05) is 34.8 Å². The molecule has 42 heavy (non-hydrogen) atoms. The zero-order chi connectivity index (χ0) is 29.6. The van der Waals surface area contributed by atoms with Gasteiger partial charge in [-0.2, -0.15) is 0 Å². The van der Waals surface area contributed by atoms with E-state index in [9.17, 15) is 0 Å². The minimum atomic E-state index is 0.436. The van der Waals surface area contributed by atoms with Gasteiger partial charge in [-0.15, -0.1) is 0 Å². The standard InChI is InChI=1S/C30H37Cl3N6O3/c1-40-25-15-23(22(31)14-24(25)39-10-6-20(7-11-39)38-12-8-34-9-13-38)37-30-35-17-19(18-36-30)4-5-21-28(32)26(41-2)16-27(42-3)29(21)33/h14-18,20,34H,4-13H2,1-3H3,(H,35,36,37). The number of halogens is 3. The van der Waals surface area contributed by atoms with Crippen LogP contribution in [0.25, 0.3) is 0 Å². The smallest absolute Gasteiger partial charge is 0.227 e. The van der Waals surface area contributed by atoms with Crippen LogP contribution >= 0.6 is 34.8 Å². The number of nitrogens with one attached hydrogen (secondary N) is 2. The third-order valence-corrected chi connectivity index (χ3v) is 9.16. The van der Waals surface area contributed by atoms with Crippen molar-refractivity contribution in [3.63, 3.8) is 0 Å². The van der Waals surface area contributed by atoms with Gasteiger partial charge in [0.25, 0.3) is 0 Å². The highest BCUT2D eigenvalue weighted by Gasteiger charge is 2.27. The average molecular weight is 636 g/mol. The van der Waals surface area contributed by atoms with E-state index in [-0.39, 0.29) is 0 Å². The molecule has 9 nitrogen and oxygen atoms in total. The molecule has 2 aromatic carbocycles. The Labute approximate surface area is 262 Å². The molecule has 2 aliphatic rings. The maximum absolute atomic E-state index is 6.74. The zero-order valence-corrected chi connectivity index (χ0v) is 26.5.